The number of hydrogen-bond donors (Lipinski definition) is 1. The zero-order valence-corrected chi connectivity index (χ0v) is 21.1. The molecule has 2 rings (SSSR count). The Kier molecular flexibility index (Phi) is 9.12. The number of rotatable bonds is 9. The average molecular weight is 512 g/mol. The van der Waals surface area contributed by atoms with Crippen molar-refractivity contribution in [1.29, 1.82) is 0 Å². The molecule has 0 bridgehead atoms. The molecule has 0 saturated carbocycles. The van der Waals surface area contributed by atoms with Gasteiger partial charge in [-0.25, -0.2) is 0 Å². The summed E-state index contributed by atoms with van der Waals surface area (Å²) in [6, 6.07) is 8.00. The van der Waals surface area contributed by atoms with Gasteiger partial charge >= 0.3 is 5.69 Å². The Morgan fingerprint density at radius 1 is 1.18 bits per heavy atom. The molecular formula is C23H27Cl2N3O6. The third-order valence-corrected chi connectivity index (χ3v) is 5.47. The van der Waals surface area contributed by atoms with Crippen molar-refractivity contribution in [2.24, 2.45) is 0 Å². The van der Waals surface area contributed by atoms with E-state index >= 15 is 0 Å². The number of benzene rings is 2. The van der Waals surface area contributed by atoms with Gasteiger partial charge in [0.1, 0.15) is 11.8 Å². The van der Waals surface area contributed by atoms with E-state index in [1.807, 2.05) is 20.8 Å². The van der Waals surface area contributed by atoms with Gasteiger partial charge in [-0.05, 0) is 45.9 Å². The fraction of sp³-hybridized carbons (Fsp3) is 0.391. The van der Waals surface area contributed by atoms with Crippen molar-refractivity contribution in [2.75, 3.05) is 13.7 Å². The second-order valence-electron chi connectivity index (χ2n) is 8.52. The molecular weight excluding hydrogens is 485 g/mol. The van der Waals surface area contributed by atoms with Crippen molar-refractivity contribution in [2.45, 2.75) is 45.8 Å². The van der Waals surface area contributed by atoms with E-state index in [9.17, 15) is 19.7 Å². The summed E-state index contributed by atoms with van der Waals surface area (Å²) >= 11 is 12.6. The maximum absolute atomic E-state index is 13.2. The lowest BCUT2D eigenvalue weighted by atomic mass is 10.1. The van der Waals surface area contributed by atoms with Crippen LogP contribution in [0.2, 0.25) is 10.0 Å². The highest BCUT2D eigenvalue weighted by molar-refractivity contribution is 6.36. The van der Waals surface area contributed by atoms with Crippen LogP contribution in [0.3, 0.4) is 0 Å². The highest BCUT2D eigenvalue weighted by Crippen LogP contribution is 2.31. The SMILES string of the molecule is COc1cc(OCC(=O)N(Cc2c(Cl)cccc2Cl)[C@@H](C)C(=O)NC(C)(C)C)ccc1[N+](=O)[O-]. The Morgan fingerprint density at radius 3 is 2.32 bits per heavy atom. The van der Waals surface area contributed by atoms with E-state index in [1.165, 1.54) is 30.2 Å². The smallest absolute Gasteiger partial charge is 0.311 e. The molecule has 11 heteroatoms. The molecule has 1 atom stereocenters. The van der Waals surface area contributed by atoms with Crippen LogP contribution in [-0.2, 0) is 16.1 Å². The van der Waals surface area contributed by atoms with Crippen LogP contribution < -0.4 is 14.8 Å². The van der Waals surface area contributed by atoms with Crippen LogP contribution in [0.25, 0.3) is 0 Å². The molecule has 0 aromatic heterocycles. The van der Waals surface area contributed by atoms with Crippen LogP contribution in [0.15, 0.2) is 36.4 Å². The van der Waals surface area contributed by atoms with E-state index in [4.69, 9.17) is 32.7 Å². The second kappa shape index (κ2) is 11.4. The number of carbonyl (C=O) groups excluding carboxylic acids is 2. The zero-order valence-electron chi connectivity index (χ0n) is 19.6. The van der Waals surface area contributed by atoms with Gasteiger partial charge in [0.2, 0.25) is 11.7 Å². The molecule has 0 radical (unpaired) electrons. The Morgan fingerprint density at radius 2 is 1.79 bits per heavy atom. The van der Waals surface area contributed by atoms with Gasteiger partial charge in [0.25, 0.3) is 5.91 Å². The predicted molar refractivity (Wildman–Crippen MR) is 130 cm³/mol. The normalized spacial score (nSPS) is 12.0. The van der Waals surface area contributed by atoms with Gasteiger partial charge < -0.3 is 19.7 Å². The molecule has 2 aromatic rings. The van der Waals surface area contributed by atoms with Crippen molar-refractivity contribution < 1.29 is 24.0 Å². The van der Waals surface area contributed by atoms with Gasteiger partial charge in [-0.2, -0.15) is 0 Å². The largest absolute Gasteiger partial charge is 0.490 e. The number of ether oxygens (including phenoxy) is 2. The first-order valence-corrected chi connectivity index (χ1v) is 11.1. The van der Waals surface area contributed by atoms with Crippen molar-refractivity contribution in [3.63, 3.8) is 0 Å². The second-order valence-corrected chi connectivity index (χ2v) is 9.33. The van der Waals surface area contributed by atoms with Gasteiger partial charge in [-0.15, -0.1) is 0 Å². The molecule has 0 aliphatic rings. The Hall–Kier alpha value is -3.04. The summed E-state index contributed by atoms with van der Waals surface area (Å²) in [5.74, 6) is -0.684. The molecule has 34 heavy (non-hydrogen) atoms. The van der Waals surface area contributed by atoms with Crippen LogP contribution in [0, 0.1) is 10.1 Å². The fourth-order valence-corrected chi connectivity index (χ4v) is 3.55. The number of nitrogens with one attached hydrogen (secondary N) is 1. The quantitative estimate of drug-likeness (QED) is 0.388. The maximum Gasteiger partial charge on any atom is 0.311 e. The average Bonchev–Trinajstić information content (AvgIpc) is 2.75. The summed E-state index contributed by atoms with van der Waals surface area (Å²) in [5.41, 5.74) is -0.247. The number of nitro benzene ring substituents is 1. The monoisotopic (exact) mass is 511 g/mol. The molecule has 2 amide bonds. The number of carbonyl (C=O) groups is 2. The summed E-state index contributed by atoms with van der Waals surface area (Å²) in [6.07, 6.45) is 0. The van der Waals surface area contributed by atoms with Crippen molar-refractivity contribution >= 4 is 40.7 Å². The first kappa shape index (κ1) is 27.2. The van der Waals surface area contributed by atoms with E-state index in [0.29, 0.717) is 15.6 Å². The van der Waals surface area contributed by atoms with E-state index < -0.39 is 29.0 Å². The summed E-state index contributed by atoms with van der Waals surface area (Å²) in [7, 11) is 1.29. The number of amides is 2. The molecule has 0 heterocycles. The van der Waals surface area contributed by atoms with Crippen LogP contribution >= 0.6 is 23.2 Å². The Balaban J connectivity index is 2.28. The number of nitro groups is 1. The van der Waals surface area contributed by atoms with Crippen molar-refractivity contribution in [1.82, 2.24) is 10.2 Å². The lowest BCUT2D eigenvalue weighted by molar-refractivity contribution is -0.385. The number of nitrogens with zero attached hydrogens (tertiary/aromatic N) is 2. The highest BCUT2D eigenvalue weighted by Gasteiger charge is 2.30. The van der Waals surface area contributed by atoms with E-state index in [2.05, 4.69) is 5.32 Å². The van der Waals surface area contributed by atoms with Gasteiger partial charge in [0.15, 0.2) is 6.61 Å². The Labute approximate surface area is 208 Å². The van der Waals surface area contributed by atoms with Gasteiger partial charge in [0, 0.05) is 39.8 Å². The van der Waals surface area contributed by atoms with E-state index in [1.54, 1.807) is 25.1 Å². The molecule has 1 N–H and O–H groups in total. The highest BCUT2D eigenvalue weighted by atomic mass is 35.5. The van der Waals surface area contributed by atoms with Gasteiger partial charge in [0.05, 0.1) is 12.0 Å². The minimum absolute atomic E-state index is 0.00687. The van der Waals surface area contributed by atoms with Crippen LogP contribution in [-0.4, -0.2) is 46.9 Å². The summed E-state index contributed by atoms with van der Waals surface area (Å²) < 4.78 is 10.6. The van der Waals surface area contributed by atoms with E-state index in [0.717, 1.165) is 0 Å². The molecule has 9 nitrogen and oxygen atoms in total. The van der Waals surface area contributed by atoms with E-state index in [-0.39, 0.29) is 29.6 Å². The lowest BCUT2D eigenvalue weighted by Crippen LogP contribution is -2.53. The fourth-order valence-electron chi connectivity index (χ4n) is 3.04. The first-order chi connectivity index (χ1) is 15.8. The molecule has 0 spiro atoms. The van der Waals surface area contributed by atoms with Crippen LogP contribution in [0.5, 0.6) is 11.5 Å². The minimum atomic E-state index is -0.867. The first-order valence-electron chi connectivity index (χ1n) is 10.3. The molecule has 0 fully saturated rings. The molecule has 0 aliphatic heterocycles. The zero-order chi connectivity index (χ0) is 25.6. The van der Waals surface area contributed by atoms with Crippen molar-refractivity contribution in [3.05, 3.63) is 62.1 Å². The topological polar surface area (TPSA) is 111 Å². The van der Waals surface area contributed by atoms with Gasteiger partial charge in [-0.3, -0.25) is 19.7 Å². The molecule has 0 unspecified atom stereocenters. The molecule has 2 aromatic carbocycles. The summed E-state index contributed by atoms with van der Waals surface area (Å²) in [6.45, 7) is 6.64. The third kappa shape index (κ3) is 7.23. The number of hydrogen-bond acceptors (Lipinski definition) is 6. The predicted octanol–water partition coefficient (Wildman–Crippen LogP) is 4.62. The lowest BCUT2D eigenvalue weighted by Gasteiger charge is -2.31. The Bertz CT molecular complexity index is 1050. The molecule has 0 aliphatic carbocycles. The van der Waals surface area contributed by atoms with Crippen LogP contribution in [0.1, 0.15) is 33.3 Å². The van der Waals surface area contributed by atoms with Gasteiger partial charge in [-0.1, -0.05) is 29.3 Å². The maximum atomic E-state index is 13.2. The molecule has 0 saturated heterocycles. The minimum Gasteiger partial charge on any atom is -0.490 e. The summed E-state index contributed by atoms with van der Waals surface area (Å²) in [5, 5.41) is 14.6. The summed E-state index contributed by atoms with van der Waals surface area (Å²) in [4.78, 5) is 37.8. The van der Waals surface area contributed by atoms with Crippen LogP contribution in [0.4, 0.5) is 5.69 Å². The number of halogens is 2. The standard InChI is InChI=1S/C23H27Cl2N3O6/c1-14(22(30)26-23(2,3)4)27(12-16-17(24)7-6-8-18(16)25)21(29)13-34-15-9-10-19(28(31)32)20(11-15)33-5/h6-11,14H,12-13H2,1-5H3,(H,26,30)/t14-/m0/s1. The number of methoxy groups -OCH3 is 1. The third-order valence-electron chi connectivity index (χ3n) is 4.77. The molecule has 184 valence electrons. The van der Waals surface area contributed by atoms with Crippen molar-refractivity contribution in [3.8, 4) is 11.5 Å².